The zero-order valence-corrected chi connectivity index (χ0v) is 23.2. The number of nitrogens with zero attached hydrogens (tertiary/aromatic N) is 3. The van der Waals surface area contributed by atoms with Gasteiger partial charge in [-0.3, -0.25) is 14.5 Å². The van der Waals surface area contributed by atoms with E-state index in [0.29, 0.717) is 31.9 Å². The summed E-state index contributed by atoms with van der Waals surface area (Å²) in [5.74, 6) is -0.365. The van der Waals surface area contributed by atoms with Crippen molar-refractivity contribution >= 4 is 69.3 Å². The van der Waals surface area contributed by atoms with Gasteiger partial charge in [0.15, 0.2) is 5.04 Å². The van der Waals surface area contributed by atoms with Crippen LogP contribution in [0.25, 0.3) is 6.08 Å². The topological polar surface area (TPSA) is 53.0 Å². The van der Waals surface area contributed by atoms with Crippen LogP contribution in [0.4, 0.5) is 11.4 Å². The minimum absolute atomic E-state index is 0.165. The van der Waals surface area contributed by atoms with Crippen LogP contribution in [0.15, 0.2) is 119 Å². The van der Waals surface area contributed by atoms with E-state index >= 15 is 0 Å². The molecule has 1 saturated heterocycles. The number of anilines is 2. The summed E-state index contributed by atoms with van der Waals surface area (Å²) in [5, 5.41) is 7.48. The summed E-state index contributed by atoms with van der Waals surface area (Å²) in [6.07, 6.45) is 1.90. The molecule has 0 aliphatic carbocycles. The summed E-state index contributed by atoms with van der Waals surface area (Å²) in [7, 11) is 0. The molecule has 0 radical (unpaired) electrons. The number of halogens is 1. The Labute approximate surface area is 240 Å². The highest BCUT2D eigenvalue weighted by Gasteiger charge is 2.60. The molecule has 6 rings (SSSR count). The molecule has 192 valence electrons. The third kappa shape index (κ3) is 4.78. The van der Waals surface area contributed by atoms with Gasteiger partial charge in [0.05, 0.1) is 10.6 Å². The van der Waals surface area contributed by atoms with Crippen molar-refractivity contribution in [2.45, 2.75) is 11.3 Å². The van der Waals surface area contributed by atoms with Gasteiger partial charge in [0, 0.05) is 16.3 Å². The van der Waals surface area contributed by atoms with Crippen molar-refractivity contribution in [1.29, 1.82) is 0 Å². The largest absolute Gasteiger partial charge is 0.286 e. The lowest BCUT2D eigenvalue weighted by molar-refractivity contribution is -0.114. The SMILES string of the molecule is Cc1ccc(/C=C2\SC3(SC(C(=O)c4ccccc4)=NN3c3ccc(Cl)cc3)N(c3ccccc3)C2=O)cc1. The van der Waals surface area contributed by atoms with Crippen molar-refractivity contribution in [2.75, 3.05) is 9.91 Å². The number of Topliss-reactive ketones (excluding diaryl/α,β-unsaturated/α-hetero) is 1. The van der Waals surface area contributed by atoms with Gasteiger partial charge in [-0.25, -0.2) is 5.01 Å². The van der Waals surface area contributed by atoms with E-state index in [1.54, 1.807) is 34.2 Å². The average molecular weight is 568 g/mol. The molecule has 8 heteroatoms. The van der Waals surface area contributed by atoms with Crippen LogP contribution < -0.4 is 9.91 Å². The highest BCUT2D eigenvalue weighted by Crippen LogP contribution is 2.59. The summed E-state index contributed by atoms with van der Waals surface area (Å²) in [5.41, 5.74) is 4.01. The maximum Gasteiger partial charge on any atom is 0.268 e. The molecule has 1 unspecified atom stereocenters. The number of hydrazone groups is 1. The molecule has 2 aliphatic heterocycles. The number of hydrogen-bond acceptors (Lipinski definition) is 6. The van der Waals surface area contributed by atoms with E-state index in [9.17, 15) is 9.59 Å². The van der Waals surface area contributed by atoms with Crippen LogP contribution >= 0.6 is 35.1 Å². The molecule has 5 nitrogen and oxygen atoms in total. The first kappa shape index (κ1) is 25.5. The molecule has 1 atom stereocenters. The van der Waals surface area contributed by atoms with Gasteiger partial charge in [-0.05, 0) is 66.7 Å². The molecule has 0 saturated carbocycles. The number of hydrogen-bond donors (Lipinski definition) is 0. The maximum atomic E-state index is 14.2. The van der Waals surface area contributed by atoms with Crippen molar-refractivity contribution in [3.05, 3.63) is 136 Å². The van der Waals surface area contributed by atoms with Crippen LogP contribution in [-0.2, 0) is 4.79 Å². The Balaban J connectivity index is 1.51. The summed E-state index contributed by atoms with van der Waals surface area (Å²) < 4.78 is -1.11. The predicted molar refractivity (Wildman–Crippen MR) is 163 cm³/mol. The predicted octanol–water partition coefficient (Wildman–Crippen LogP) is 7.83. The van der Waals surface area contributed by atoms with Crippen LogP contribution in [0.2, 0.25) is 5.02 Å². The second-order valence-corrected chi connectivity index (χ2v) is 12.1. The van der Waals surface area contributed by atoms with E-state index in [4.69, 9.17) is 16.7 Å². The second-order valence-electron chi connectivity index (χ2n) is 9.04. The van der Waals surface area contributed by atoms with E-state index in [1.807, 2.05) is 97.9 Å². The molecule has 0 bridgehead atoms. The Morgan fingerprint density at radius 2 is 1.46 bits per heavy atom. The zero-order chi connectivity index (χ0) is 27.0. The van der Waals surface area contributed by atoms with Crippen molar-refractivity contribution in [3.63, 3.8) is 0 Å². The smallest absolute Gasteiger partial charge is 0.268 e. The average Bonchev–Trinajstić information content (AvgIpc) is 3.47. The molecular weight excluding hydrogens is 546 g/mol. The van der Waals surface area contributed by atoms with Gasteiger partial charge in [0.25, 0.3) is 5.91 Å². The maximum absolute atomic E-state index is 14.2. The number of thioether (sulfide) groups is 2. The first-order valence-corrected chi connectivity index (χ1v) is 14.3. The van der Waals surface area contributed by atoms with Crippen LogP contribution in [-0.4, -0.2) is 21.1 Å². The molecule has 0 N–H and O–H groups in total. The molecule has 2 aliphatic rings. The number of carbonyl (C=O) groups is 2. The number of benzene rings is 4. The third-order valence-corrected chi connectivity index (χ3v) is 9.29. The van der Waals surface area contributed by atoms with Crippen LogP contribution in [0, 0.1) is 6.92 Å². The normalized spacial score (nSPS) is 19.7. The van der Waals surface area contributed by atoms with Gasteiger partial charge in [0.2, 0.25) is 10.1 Å². The first-order chi connectivity index (χ1) is 18.9. The lowest BCUT2D eigenvalue weighted by atomic mass is 10.1. The number of amides is 1. The minimum Gasteiger partial charge on any atom is -0.286 e. The first-order valence-electron chi connectivity index (χ1n) is 12.2. The van der Waals surface area contributed by atoms with Crippen LogP contribution in [0.3, 0.4) is 0 Å². The van der Waals surface area contributed by atoms with Gasteiger partial charge in [-0.2, -0.15) is 5.10 Å². The van der Waals surface area contributed by atoms with E-state index in [-0.39, 0.29) is 11.7 Å². The molecule has 0 aromatic heterocycles. The molecule has 1 fully saturated rings. The second kappa shape index (κ2) is 10.4. The van der Waals surface area contributed by atoms with Gasteiger partial charge in [-0.15, -0.1) is 0 Å². The fourth-order valence-electron chi connectivity index (χ4n) is 4.39. The lowest BCUT2D eigenvalue weighted by Crippen LogP contribution is -2.51. The van der Waals surface area contributed by atoms with Crippen LogP contribution in [0.5, 0.6) is 0 Å². The Hall–Kier alpha value is -3.78. The Bertz CT molecular complexity index is 1610. The fourth-order valence-corrected chi connectivity index (χ4v) is 7.46. The molecular formula is C31H22ClN3O2S2. The highest BCUT2D eigenvalue weighted by atomic mass is 35.5. The summed E-state index contributed by atoms with van der Waals surface area (Å²) >= 11 is 8.86. The fraction of sp³-hybridized carbons (Fsp3) is 0.0645. The van der Waals surface area contributed by atoms with Gasteiger partial charge in [0.1, 0.15) is 0 Å². The summed E-state index contributed by atoms with van der Waals surface area (Å²) in [4.78, 5) is 30.1. The van der Waals surface area contributed by atoms with E-state index in [2.05, 4.69) is 0 Å². The Kier molecular flexibility index (Phi) is 6.81. The minimum atomic E-state index is -1.11. The zero-order valence-electron chi connectivity index (χ0n) is 20.8. The number of aryl methyl sites for hydroxylation is 1. The molecule has 2 heterocycles. The number of rotatable bonds is 5. The van der Waals surface area contributed by atoms with Gasteiger partial charge >= 0.3 is 0 Å². The molecule has 1 spiro atoms. The standard InChI is InChI=1S/C31H22ClN3O2S2/c1-21-12-14-22(15-13-21)20-27-30(37)34(25-10-6-3-7-11-25)31(38-27)35(26-18-16-24(32)17-19-26)33-29(39-31)28(36)23-8-4-2-5-9-23/h2-20H,1H3/b27-20-. The Morgan fingerprint density at radius 1 is 0.821 bits per heavy atom. The monoisotopic (exact) mass is 567 g/mol. The number of ketones is 1. The van der Waals surface area contributed by atoms with Crippen molar-refractivity contribution in [1.82, 2.24) is 0 Å². The molecule has 4 aromatic rings. The van der Waals surface area contributed by atoms with Crippen LogP contribution in [0.1, 0.15) is 21.5 Å². The van der Waals surface area contributed by atoms with Gasteiger partial charge < -0.3 is 0 Å². The van der Waals surface area contributed by atoms with Crippen molar-refractivity contribution < 1.29 is 9.59 Å². The van der Waals surface area contributed by atoms with E-state index in [1.165, 1.54) is 23.5 Å². The van der Waals surface area contributed by atoms with Gasteiger partial charge in [-0.1, -0.05) is 102 Å². The Morgan fingerprint density at radius 3 is 2.13 bits per heavy atom. The third-order valence-electron chi connectivity index (χ3n) is 6.32. The highest BCUT2D eigenvalue weighted by molar-refractivity contribution is 8.29. The quantitative estimate of drug-likeness (QED) is 0.182. The molecule has 1 amide bonds. The van der Waals surface area contributed by atoms with E-state index < -0.39 is 4.33 Å². The molecule has 39 heavy (non-hydrogen) atoms. The van der Waals surface area contributed by atoms with Crippen molar-refractivity contribution in [2.24, 2.45) is 5.10 Å². The number of para-hydroxylation sites is 1. The van der Waals surface area contributed by atoms with Crippen molar-refractivity contribution in [3.8, 4) is 0 Å². The molecule has 4 aromatic carbocycles. The number of carbonyl (C=O) groups excluding carboxylic acids is 2. The lowest BCUT2D eigenvalue weighted by Gasteiger charge is -2.38. The summed E-state index contributed by atoms with van der Waals surface area (Å²) in [6.45, 7) is 2.03. The summed E-state index contributed by atoms with van der Waals surface area (Å²) in [6, 6.07) is 33.8. The van der Waals surface area contributed by atoms with E-state index in [0.717, 1.165) is 11.1 Å².